The van der Waals surface area contributed by atoms with E-state index in [2.05, 4.69) is 31.8 Å². The molecule has 2 amide bonds. The van der Waals surface area contributed by atoms with Crippen molar-refractivity contribution in [1.29, 1.82) is 0 Å². The number of hydrogen-bond acceptors (Lipinski definition) is 5. The third-order valence-corrected chi connectivity index (χ3v) is 5.16. The summed E-state index contributed by atoms with van der Waals surface area (Å²) >= 11 is 4.66. The molecule has 0 bridgehead atoms. The minimum Gasteiger partial charge on any atom is -0.507 e. The Labute approximate surface area is 179 Å². The van der Waals surface area contributed by atoms with Gasteiger partial charge in [0, 0.05) is 10.4 Å². The van der Waals surface area contributed by atoms with Crippen LogP contribution in [0.25, 0.3) is 6.08 Å². The van der Waals surface area contributed by atoms with Gasteiger partial charge in [0.25, 0.3) is 11.8 Å². The number of nitrogens with zero attached hydrogens (tertiary/aromatic N) is 1. The number of phenols is 1. The molecular formula is C21H16BrN3O3S. The van der Waals surface area contributed by atoms with Crippen molar-refractivity contribution < 1.29 is 14.7 Å². The zero-order valence-electron chi connectivity index (χ0n) is 15.0. The van der Waals surface area contributed by atoms with Gasteiger partial charge in [-0.2, -0.15) is 5.10 Å². The molecular weight excluding hydrogens is 454 g/mol. The summed E-state index contributed by atoms with van der Waals surface area (Å²) in [4.78, 5) is 25.9. The molecule has 0 fully saturated rings. The number of thiophene rings is 1. The fraction of sp³-hybridized carbons (Fsp3) is 0. The van der Waals surface area contributed by atoms with E-state index in [0.29, 0.717) is 15.6 Å². The van der Waals surface area contributed by atoms with Gasteiger partial charge in [-0.15, -0.1) is 11.3 Å². The predicted octanol–water partition coefficient (Wildman–Crippen LogP) is 4.14. The van der Waals surface area contributed by atoms with Crippen LogP contribution < -0.4 is 10.7 Å². The predicted molar refractivity (Wildman–Crippen MR) is 118 cm³/mol. The molecule has 0 aliphatic heterocycles. The minimum absolute atomic E-state index is 0.0744. The number of hydrazone groups is 1. The molecule has 0 spiro atoms. The summed E-state index contributed by atoms with van der Waals surface area (Å²) < 4.78 is 0.515. The first-order valence-corrected chi connectivity index (χ1v) is 10.1. The van der Waals surface area contributed by atoms with Gasteiger partial charge in [-0.3, -0.25) is 9.59 Å². The Morgan fingerprint density at radius 1 is 1.07 bits per heavy atom. The monoisotopic (exact) mass is 469 g/mol. The number of halogens is 1. The number of benzene rings is 2. The van der Waals surface area contributed by atoms with Gasteiger partial charge in [0.1, 0.15) is 11.4 Å². The Morgan fingerprint density at radius 3 is 2.55 bits per heavy atom. The fourth-order valence-electron chi connectivity index (χ4n) is 2.29. The van der Waals surface area contributed by atoms with E-state index in [-0.39, 0.29) is 11.4 Å². The molecule has 0 saturated heterocycles. The molecule has 8 heteroatoms. The highest BCUT2D eigenvalue weighted by Gasteiger charge is 2.14. The van der Waals surface area contributed by atoms with Crippen molar-refractivity contribution in [3.05, 3.63) is 92.2 Å². The first-order valence-electron chi connectivity index (χ1n) is 8.46. The molecule has 1 aromatic heterocycles. The van der Waals surface area contributed by atoms with Crippen molar-refractivity contribution >= 4 is 51.4 Å². The number of phenolic OH excluding ortho intramolecular Hbond substituents is 1. The first kappa shape index (κ1) is 20.5. The second kappa shape index (κ2) is 9.81. The number of rotatable bonds is 6. The average Bonchev–Trinajstić information content (AvgIpc) is 3.24. The van der Waals surface area contributed by atoms with Crippen molar-refractivity contribution in [2.75, 3.05) is 0 Å². The minimum atomic E-state index is -0.559. The first-order chi connectivity index (χ1) is 14.0. The Kier molecular flexibility index (Phi) is 6.94. The smallest absolute Gasteiger partial charge is 0.287 e. The molecule has 3 rings (SSSR count). The summed E-state index contributed by atoms with van der Waals surface area (Å²) in [7, 11) is 0. The van der Waals surface area contributed by atoms with Crippen LogP contribution in [0.1, 0.15) is 20.8 Å². The molecule has 6 nitrogen and oxygen atoms in total. The molecule has 146 valence electrons. The SMILES string of the molecule is O=C(N/N=C/c1ccc(O)c(Br)c1)C(=Cc1cccs1)NC(=O)c1ccccc1. The van der Waals surface area contributed by atoms with Gasteiger partial charge < -0.3 is 10.4 Å². The van der Waals surface area contributed by atoms with Crippen LogP contribution in [0, 0.1) is 0 Å². The van der Waals surface area contributed by atoms with E-state index in [1.807, 2.05) is 23.6 Å². The molecule has 3 aromatic rings. The van der Waals surface area contributed by atoms with E-state index in [9.17, 15) is 14.7 Å². The van der Waals surface area contributed by atoms with E-state index in [1.165, 1.54) is 23.6 Å². The van der Waals surface area contributed by atoms with Crippen molar-refractivity contribution in [2.45, 2.75) is 0 Å². The lowest BCUT2D eigenvalue weighted by molar-refractivity contribution is -0.117. The maximum absolute atomic E-state index is 12.6. The van der Waals surface area contributed by atoms with Crippen LogP contribution in [0.2, 0.25) is 0 Å². The zero-order valence-corrected chi connectivity index (χ0v) is 17.4. The largest absolute Gasteiger partial charge is 0.507 e. The van der Waals surface area contributed by atoms with Crippen LogP contribution in [-0.4, -0.2) is 23.1 Å². The van der Waals surface area contributed by atoms with Crippen molar-refractivity contribution in [3.8, 4) is 5.75 Å². The molecule has 0 aliphatic rings. The highest BCUT2D eigenvalue weighted by Crippen LogP contribution is 2.23. The Hall–Kier alpha value is -3.23. The van der Waals surface area contributed by atoms with Crippen molar-refractivity contribution in [1.82, 2.24) is 10.7 Å². The van der Waals surface area contributed by atoms with Gasteiger partial charge in [-0.1, -0.05) is 24.3 Å². The number of aromatic hydroxyl groups is 1. The summed E-state index contributed by atoms with van der Waals surface area (Å²) in [5, 5.41) is 18.0. The molecule has 0 aliphatic carbocycles. The zero-order chi connectivity index (χ0) is 20.6. The third-order valence-electron chi connectivity index (χ3n) is 3.71. The van der Waals surface area contributed by atoms with Crippen LogP contribution in [0.15, 0.2) is 81.3 Å². The fourth-order valence-corrected chi connectivity index (χ4v) is 3.34. The maximum atomic E-state index is 12.6. The topological polar surface area (TPSA) is 90.8 Å². The summed E-state index contributed by atoms with van der Waals surface area (Å²) in [5.41, 5.74) is 3.60. The highest BCUT2D eigenvalue weighted by molar-refractivity contribution is 9.10. The average molecular weight is 470 g/mol. The van der Waals surface area contributed by atoms with Gasteiger partial charge in [0.05, 0.1) is 10.7 Å². The van der Waals surface area contributed by atoms with Gasteiger partial charge in [0.15, 0.2) is 0 Å². The Balaban J connectivity index is 1.74. The lowest BCUT2D eigenvalue weighted by atomic mass is 10.2. The molecule has 0 radical (unpaired) electrons. The summed E-state index contributed by atoms with van der Waals surface area (Å²) in [6.07, 6.45) is 3.03. The number of nitrogens with one attached hydrogen (secondary N) is 2. The Morgan fingerprint density at radius 2 is 1.86 bits per heavy atom. The molecule has 2 aromatic carbocycles. The lowest BCUT2D eigenvalue weighted by Crippen LogP contribution is -2.32. The number of carbonyl (C=O) groups is 2. The molecule has 3 N–H and O–H groups in total. The van der Waals surface area contributed by atoms with Crippen LogP contribution in [0.3, 0.4) is 0 Å². The third kappa shape index (κ3) is 5.87. The molecule has 29 heavy (non-hydrogen) atoms. The standard InChI is InChI=1S/C21H16BrN3O3S/c22-17-11-14(8-9-19(17)26)13-23-25-21(28)18(12-16-7-4-10-29-16)24-20(27)15-5-2-1-3-6-15/h1-13,26H,(H,24,27)(H,25,28)/b18-12?,23-13+. The second-order valence-electron chi connectivity index (χ2n) is 5.80. The summed E-state index contributed by atoms with van der Waals surface area (Å²) in [6.45, 7) is 0. The van der Waals surface area contributed by atoms with Gasteiger partial charge in [-0.05, 0) is 69.3 Å². The van der Waals surface area contributed by atoms with Crippen molar-refractivity contribution in [2.24, 2.45) is 5.10 Å². The van der Waals surface area contributed by atoms with Gasteiger partial charge >= 0.3 is 0 Å². The van der Waals surface area contributed by atoms with Crippen LogP contribution in [-0.2, 0) is 4.79 Å². The van der Waals surface area contributed by atoms with Crippen LogP contribution in [0.4, 0.5) is 0 Å². The molecule has 1 heterocycles. The number of hydrogen-bond donors (Lipinski definition) is 3. The summed E-state index contributed by atoms with van der Waals surface area (Å²) in [6, 6.07) is 17.1. The Bertz CT molecular complexity index is 1060. The normalized spacial score (nSPS) is 11.4. The van der Waals surface area contributed by atoms with E-state index >= 15 is 0 Å². The van der Waals surface area contributed by atoms with Crippen LogP contribution in [0.5, 0.6) is 5.75 Å². The van der Waals surface area contributed by atoms with E-state index in [4.69, 9.17) is 0 Å². The highest BCUT2D eigenvalue weighted by atomic mass is 79.9. The van der Waals surface area contributed by atoms with Gasteiger partial charge in [0.2, 0.25) is 0 Å². The number of amides is 2. The lowest BCUT2D eigenvalue weighted by Gasteiger charge is -2.08. The molecule has 0 saturated carbocycles. The van der Waals surface area contributed by atoms with E-state index in [0.717, 1.165) is 4.88 Å². The molecule has 0 atom stereocenters. The number of carbonyl (C=O) groups excluding carboxylic acids is 2. The van der Waals surface area contributed by atoms with E-state index in [1.54, 1.807) is 42.5 Å². The van der Waals surface area contributed by atoms with E-state index < -0.39 is 11.8 Å². The van der Waals surface area contributed by atoms with Gasteiger partial charge in [-0.25, -0.2) is 5.43 Å². The summed E-state index contributed by atoms with van der Waals surface area (Å²) in [5.74, 6) is -0.845. The van der Waals surface area contributed by atoms with Crippen LogP contribution >= 0.6 is 27.3 Å². The quantitative estimate of drug-likeness (QED) is 0.287. The van der Waals surface area contributed by atoms with Crippen molar-refractivity contribution in [3.63, 3.8) is 0 Å². The maximum Gasteiger partial charge on any atom is 0.287 e. The second-order valence-corrected chi connectivity index (χ2v) is 7.64. The molecule has 0 unspecified atom stereocenters.